The fourth-order valence-electron chi connectivity index (χ4n) is 2.27. The Morgan fingerprint density at radius 1 is 1.38 bits per heavy atom. The minimum absolute atomic E-state index is 0.0362. The lowest BCUT2D eigenvalue weighted by molar-refractivity contribution is -0.0483. The third-order valence-electron chi connectivity index (χ3n) is 3.34. The summed E-state index contributed by atoms with van der Waals surface area (Å²) in [5, 5.41) is 8.54. The molecule has 16 heavy (non-hydrogen) atoms. The van der Waals surface area contributed by atoms with E-state index in [0.717, 1.165) is 6.61 Å². The van der Waals surface area contributed by atoms with Gasteiger partial charge >= 0.3 is 6.09 Å². The van der Waals surface area contributed by atoms with Gasteiger partial charge in [-0.1, -0.05) is 27.7 Å². The molecule has 94 valence electrons. The first kappa shape index (κ1) is 13.3. The average Bonchev–Trinajstić information content (AvgIpc) is 2.14. The van der Waals surface area contributed by atoms with E-state index in [-0.39, 0.29) is 11.5 Å². The van der Waals surface area contributed by atoms with Gasteiger partial charge in [-0.2, -0.15) is 0 Å². The SMILES string of the molecule is CC1C(NNC(=O)O)COCC1C(C)(C)C. The number of hydrazine groups is 1. The Labute approximate surface area is 96.5 Å². The van der Waals surface area contributed by atoms with Crippen LogP contribution in [0.3, 0.4) is 0 Å². The van der Waals surface area contributed by atoms with E-state index < -0.39 is 6.09 Å². The van der Waals surface area contributed by atoms with Gasteiger partial charge in [-0.15, -0.1) is 0 Å². The molecule has 5 nitrogen and oxygen atoms in total. The van der Waals surface area contributed by atoms with Crippen molar-refractivity contribution in [1.82, 2.24) is 10.9 Å². The number of carbonyl (C=O) groups is 1. The van der Waals surface area contributed by atoms with Gasteiger partial charge in [0.2, 0.25) is 0 Å². The summed E-state index contributed by atoms with van der Waals surface area (Å²) in [7, 11) is 0. The monoisotopic (exact) mass is 230 g/mol. The Bertz CT molecular complexity index is 250. The number of nitrogens with one attached hydrogen (secondary N) is 2. The molecule has 1 heterocycles. The lowest BCUT2D eigenvalue weighted by Crippen LogP contribution is -2.55. The molecular formula is C11H22N2O3. The molecule has 0 aromatic rings. The molecule has 0 radical (unpaired) electrons. The van der Waals surface area contributed by atoms with Crippen molar-refractivity contribution in [3.8, 4) is 0 Å². The van der Waals surface area contributed by atoms with E-state index in [1.807, 2.05) is 0 Å². The van der Waals surface area contributed by atoms with Crippen LogP contribution in [0.4, 0.5) is 4.79 Å². The van der Waals surface area contributed by atoms with Gasteiger partial charge in [0, 0.05) is 0 Å². The van der Waals surface area contributed by atoms with E-state index in [1.54, 1.807) is 0 Å². The number of carboxylic acid groups (broad SMARTS) is 1. The normalized spacial score (nSPS) is 31.1. The first-order valence-electron chi connectivity index (χ1n) is 5.64. The quantitative estimate of drug-likeness (QED) is 0.628. The highest BCUT2D eigenvalue weighted by Crippen LogP contribution is 2.36. The fraction of sp³-hybridized carbons (Fsp3) is 0.909. The van der Waals surface area contributed by atoms with Crippen LogP contribution >= 0.6 is 0 Å². The molecular weight excluding hydrogens is 208 g/mol. The molecule has 0 saturated carbocycles. The summed E-state index contributed by atoms with van der Waals surface area (Å²) in [5.41, 5.74) is 5.17. The van der Waals surface area contributed by atoms with E-state index in [2.05, 4.69) is 38.5 Å². The Morgan fingerprint density at radius 3 is 2.50 bits per heavy atom. The molecule has 0 aromatic heterocycles. The molecule has 3 N–H and O–H groups in total. The van der Waals surface area contributed by atoms with Gasteiger partial charge in [-0.3, -0.25) is 5.43 Å². The maximum absolute atomic E-state index is 10.4. The van der Waals surface area contributed by atoms with E-state index in [4.69, 9.17) is 9.84 Å². The van der Waals surface area contributed by atoms with Crippen LogP contribution in [0.15, 0.2) is 0 Å². The van der Waals surface area contributed by atoms with Crippen LogP contribution < -0.4 is 10.9 Å². The maximum Gasteiger partial charge on any atom is 0.419 e. The van der Waals surface area contributed by atoms with Crippen molar-refractivity contribution in [3.05, 3.63) is 0 Å². The Hall–Kier alpha value is -0.810. The molecule has 1 aliphatic heterocycles. The summed E-state index contributed by atoms with van der Waals surface area (Å²) in [4.78, 5) is 10.4. The highest BCUT2D eigenvalue weighted by atomic mass is 16.5. The van der Waals surface area contributed by atoms with Crippen molar-refractivity contribution < 1.29 is 14.6 Å². The highest BCUT2D eigenvalue weighted by Gasteiger charge is 2.37. The molecule has 1 aliphatic rings. The molecule has 3 atom stereocenters. The Balaban J connectivity index is 2.57. The lowest BCUT2D eigenvalue weighted by atomic mass is 9.71. The van der Waals surface area contributed by atoms with Crippen LogP contribution in [0.1, 0.15) is 27.7 Å². The summed E-state index contributed by atoms with van der Waals surface area (Å²) < 4.78 is 5.53. The van der Waals surface area contributed by atoms with Gasteiger partial charge in [-0.25, -0.2) is 10.2 Å². The third-order valence-corrected chi connectivity index (χ3v) is 3.34. The zero-order valence-corrected chi connectivity index (χ0v) is 10.4. The molecule has 1 amide bonds. The molecule has 1 fully saturated rings. The standard InChI is InChI=1S/C11H22N2O3/c1-7-8(11(2,3)4)5-16-6-9(7)12-13-10(14)15/h7-9,12-13H,5-6H2,1-4H3,(H,14,15). The Morgan fingerprint density at radius 2 is 2.00 bits per heavy atom. The average molecular weight is 230 g/mol. The first-order valence-corrected chi connectivity index (χ1v) is 5.64. The maximum atomic E-state index is 10.4. The first-order chi connectivity index (χ1) is 7.32. The Kier molecular flexibility index (Phi) is 4.15. The number of hydrogen-bond acceptors (Lipinski definition) is 3. The van der Waals surface area contributed by atoms with Crippen LogP contribution in [-0.4, -0.2) is 30.5 Å². The van der Waals surface area contributed by atoms with E-state index in [9.17, 15) is 4.79 Å². The van der Waals surface area contributed by atoms with Gasteiger partial charge in [-0.05, 0) is 17.3 Å². The largest absolute Gasteiger partial charge is 0.464 e. The summed E-state index contributed by atoms with van der Waals surface area (Å²) in [6.07, 6.45) is -1.06. The van der Waals surface area contributed by atoms with Gasteiger partial charge in [0.05, 0.1) is 19.3 Å². The van der Waals surface area contributed by atoms with Gasteiger partial charge in [0.15, 0.2) is 0 Å². The number of ether oxygens (including phenoxy) is 1. The molecule has 0 spiro atoms. The number of hydrogen-bond donors (Lipinski definition) is 3. The smallest absolute Gasteiger partial charge is 0.419 e. The van der Waals surface area contributed by atoms with Crippen LogP contribution in [0.25, 0.3) is 0 Å². The second-order valence-corrected chi connectivity index (χ2v) is 5.55. The van der Waals surface area contributed by atoms with Crippen molar-refractivity contribution in [1.29, 1.82) is 0 Å². The summed E-state index contributed by atoms with van der Waals surface area (Å²) >= 11 is 0. The van der Waals surface area contributed by atoms with Gasteiger partial charge in [0.25, 0.3) is 0 Å². The zero-order valence-electron chi connectivity index (χ0n) is 10.4. The van der Waals surface area contributed by atoms with Gasteiger partial charge in [0.1, 0.15) is 0 Å². The van der Waals surface area contributed by atoms with Crippen molar-refractivity contribution in [3.63, 3.8) is 0 Å². The predicted octanol–water partition coefficient (Wildman–Crippen LogP) is 1.46. The minimum atomic E-state index is -1.06. The van der Waals surface area contributed by atoms with Gasteiger partial charge < -0.3 is 9.84 Å². The summed E-state index contributed by atoms with van der Waals surface area (Å²) in [6, 6.07) is 0.0362. The summed E-state index contributed by atoms with van der Waals surface area (Å²) in [6.45, 7) is 9.99. The van der Waals surface area contributed by atoms with E-state index >= 15 is 0 Å². The molecule has 5 heteroatoms. The van der Waals surface area contributed by atoms with Crippen LogP contribution in [-0.2, 0) is 4.74 Å². The predicted molar refractivity (Wildman–Crippen MR) is 61.0 cm³/mol. The van der Waals surface area contributed by atoms with Crippen molar-refractivity contribution in [2.24, 2.45) is 17.3 Å². The summed E-state index contributed by atoms with van der Waals surface area (Å²) in [5.74, 6) is 0.801. The number of rotatable bonds is 2. The van der Waals surface area contributed by atoms with Crippen molar-refractivity contribution in [2.75, 3.05) is 13.2 Å². The topological polar surface area (TPSA) is 70.6 Å². The van der Waals surface area contributed by atoms with Crippen molar-refractivity contribution in [2.45, 2.75) is 33.7 Å². The molecule has 1 saturated heterocycles. The second kappa shape index (κ2) is 5.01. The number of amides is 1. The minimum Gasteiger partial charge on any atom is -0.464 e. The molecule has 0 bridgehead atoms. The second-order valence-electron chi connectivity index (χ2n) is 5.55. The van der Waals surface area contributed by atoms with Crippen LogP contribution in [0.2, 0.25) is 0 Å². The lowest BCUT2D eigenvalue weighted by Gasteiger charge is -2.42. The van der Waals surface area contributed by atoms with Crippen LogP contribution in [0.5, 0.6) is 0 Å². The fourth-order valence-corrected chi connectivity index (χ4v) is 2.27. The van der Waals surface area contributed by atoms with Crippen molar-refractivity contribution >= 4 is 6.09 Å². The van der Waals surface area contributed by atoms with E-state index in [1.165, 1.54) is 0 Å². The van der Waals surface area contributed by atoms with Crippen LogP contribution in [0, 0.1) is 17.3 Å². The van der Waals surface area contributed by atoms with E-state index in [0.29, 0.717) is 18.4 Å². The molecule has 1 rings (SSSR count). The highest BCUT2D eigenvalue weighted by molar-refractivity contribution is 5.63. The zero-order chi connectivity index (χ0) is 12.3. The molecule has 0 aliphatic carbocycles. The third kappa shape index (κ3) is 3.35. The molecule has 3 unspecified atom stereocenters. The molecule has 0 aromatic carbocycles.